The number of alkyl halides is 2. The van der Waals surface area contributed by atoms with E-state index in [-0.39, 0.29) is 5.75 Å². The summed E-state index contributed by atoms with van der Waals surface area (Å²) in [6, 6.07) is 3.09. The van der Waals surface area contributed by atoms with E-state index in [4.69, 9.17) is 0 Å². The van der Waals surface area contributed by atoms with Crippen LogP contribution >= 0.6 is 0 Å². The minimum absolute atomic E-state index is 0.0578. The molecule has 1 aromatic rings. The van der Waals surface area contributed by atoms with Crippen LogP contribution in [0.1, 0.15) is 6.92 Å². The predicted octanol–water partition coefficient (Wildman–Crippen LogP) is 2.70. The number of hydrogen-bond donors (Lipinski definition) is 0. The van der Waals surface area contributed by atoms with Crippen molar-refractivity contribution in [2.24, 2.45) is 0 Å². The lowest BCUT2D eigenvalue weighted by atomic mass is 10.3. The molecule has 0 radical (unpaired) electrons. The quantitative estimate of drug-likeness (QED) is 0.724. The molecule has 1 rings (SSSR count). The smallest absolute Gasteiger partial charge is 0.387 e. The van der Waals surface area contributed by atoms with Gasteiger partial charge < -0.3 is 9.64 Å². The van der Waals surface area contributed by atoms with Crippen LogP contribution < -0.4 is 9.64 Å². The van der Waals surface area contributed by atoms with Crippen molar-refractivity contribution in [2.45, 2.75) is 13.5 Å². The molecular formula is C11H14F2N2O. The lowest BCUT2D eigenvalue weighted by Gasteiger charge is -2.18. The number of anilines is 1. The summed E-state index contributed by atoms with van der Waals surface area (Å²) in [6.07, 6.45) is 1.27. The third-order valence-electron chi connectivity index (χ3n) is 1.84. The molecule has 0 aliphatic rings. The van der Waals surface area contributed by atoms with Crippen molar-refractivity contribution in [1.82, 2.24) is 4.98 Å². The Kier molecular flexibility index (Phi) is 4.22. The van der Waals surface area contributed by atoms with Gasteiger partial charge in [0.15, 0.2) is 0 Å². The van der Waals surface area contributed by atoms with Crippen LogP contribution in [0.2, 0.25) is 0 Å². The molecule has 0 fully saturated rings. The minimum Gasteiger partial charge on any atom is -0.433 e. The van der Waals surface area contributed by atoms with Gasteiger partial charge >= 0.3 is 6.61 Å². The van der Waals surface area contributed by atoms with Crippen LogP contribution in [0.4, 0.5) is 14.6 Å². The average molecular weight is 228 g/mol. The normalized spacial score (nSPS) is 10.3. The fourth-order valence-electron chi connectivity index (χ4n) is 1.26. The topological polar surface area (TPSA) is 25.4 Å². The fourth-order valence-corrected chi connectivity index (χ4v) is 1.26. The molecule has 0 amide bonds. The molecule has 1 heterocycles. The van der Waals surface area contributed by atoms with Gasteiger partial charge in [-0.15, -0.1) is 0 Å². The second kappa shape index (κ2) is 5.44. The first-order chi connectivity index (χ1) is 7.49. The Morgan fingerprint density at radius 1 is 1.56 bits per heavy atom. The minimum atomic E-state index is -2.82. The van der Waals surface area contributed by atoms with E-state index in [9.17, 15) is 8.78 Å². The van der Waals surface area contributed by atoms with Gasteiger partial charge in [-0.05, 0) is 19.1 Å². The Bertz CT molecular complexity index is 352. The number of rotatable bonds is 5. The summed E-state index contributed by atoms with van der Waals surface area (Å²) < 4.78 is 28.0. The van der Waals surface area contributed by atoms with Crippen LogP contribution in [0.5, 0.6) is 5.75 Å². The summed E-state index contributed by atoms with van der Waals surface area (Å²) in [5, 5.41) is 0. The zero-order valence-electron chi connectivity index (χ0n) is 9.28. The molecule has 0 atom stereocenters. The summed E-state index contributed by atoms with van der Waals surface area (Å²) in [5.41, 5.74) is 0.997. The van der Waals surface area contributed by atoms with Crippen LogP contribution in [0.3, 0.4) is 0 Å². The summed E-state index contributed by atoms with van der Waals surface area (Å²) in [5.74, 6) is 0.743. The highest BCUT2D eigenvalue weighted by Crippen LogP contribution is 2.17. The van der Waals surface area contributed by atoms with Crippen molar-refractivity contribution < 1.29 is 13.5 Å². The van der Waals surface area contributed by atoms with Gasteiger partial charge in [-0.1, -0.05) is 12.2 Å². The van der Waals surface area contributed by atoms with Crippen molar-refractivity contribution in [1.29, 1.82) is 0 Å². The molecule has 0 saturated carbocycles. The number of halogens is 2. The molecule has 0 N–H and O–H groups in total. The zero-order chi connectivity index (χ0) is 12.1. The maximum Gasteiger partial charge on any atom is 0.387 e. The van der Waals surface area contributed by atoms with Crippen molar-refractivity contribution in [3.05, 3.63) is 30.5 Å². The van der Waals surface area contributed by atoms with Gasteiger partial charge in [-0.3, -0.25) is 0 Å². The number of pyridine rings is 1. The van der Waals surface area contributed by atoms with E-state index in [1.807, 2.05) is 18.9 Å². The maximum absolute atomic E-state index is 11.9. The van der Waals surface area contributed by atoms with E-state index in [2.05, 4.69) is 16.3 Å². The molecule has 0 spiro atoms. The second-order valence-electron chi connectivity index (χ2n) is 3.54. The number of ether oxygens (including phenoxy) is 1. The molecule has 0 saturated heterocycles. The predicted molar refractivity (Wildman–Crippen MR) is 59.0 cm³/mol. The Morgan fingerprint density at radius 2 is 2.25 bits per heavy atom. The highest BCUT2D eigenvalue weighted by molar-refractivity contribution is 5.41. The van der Waals surface area contributed by atoms with E-state index >= 15 is 0 Å². The second-order valence-corrected chi connectivity index (χ2v) is 3.54. The molecule has 0 aliphatic carbocycles. The molecule has 0 aliphatic heterocycles. The molecule has 5 heteroatoms. The van der Waals surface area contributed by atoms with Crippen molar-refractivity contribution in [3.63, 3.8) is 0 Å². The highest BCUT2D eigenvalue weighted by Gasteiger charge is 2.06. The number of nitrogens with zero attached hydrogens (tertiary/aromatic N) is 2. The Balaban J connectivity index is 2.66. The molecule has 0 unspecified atom stereocenters. The van der Waals surface area contributed by atoms with Crippen LogP contribution in [0.15, 0.2) is 30.5 Å². The van der Waals surface area contributed by atoms with Gasteiger partial charge in [0.2, 0.25) is 0 Å². The Morgan fingerprint density at radius 3 is 2.69 bits per heavy atom. The Hall–Kier alpha value is -1.65. The van der Waals surface area contributed by atoms with Gasteiger partial charge in [0, 0.05) is 13.6 Å². The highest BCUT2D eigenvalue weighted by atomic mass is 19.3. The Labute approximate surface area is 93.4 Å². The largest absolute Gasteiger partial charge is 0.433 e. The monoisotopic (exact) mass is 228 g/mol. The number of likely N-dealkylation sites (N-methyl/N-ethyl adjacent to an activating group) is 1. The molecular weight excluding hydrogens is 214 g/mol. The van der Waals surface area contributed by atoms with Crippen LogP contribution in [-0.2, 0) is 0 Å². The van der Waals surface area contributed by atoms with Gasteiger partial charge in [-0.25, -0.2) is 4.98 Å². The van der Waals surface area contributed by atoms with Crippen LogP contribution in [0.25, 0.3) is 0 Å². The molecule has 88 valence electrons. The zero-order valence-corrected chi connectivity index (χ0v) is 9.28. The number of aromatic nitrogens is 1. The van der Waals surface area contributed by atoms with Crippen molar-refractivity contribution in [3.8, 4) is 5.75 Å². The molecule has 0 aromatic carbocycles. The van der Waals surface area contributed by atoms with Gasteiger partial charge in [0.1, 0.15) is 11.6 Å². The summed E-state index contributed by atoms with van der Waals surface area (Å²) in [6.45, 7) is 3.54. The first-order valence-corrected chi connectivity index (χ1v) is 4.75. The van der Waals surface area contributed by atoms with E-state index in [0.717, 1.165) is 5.57 Å². The lowest BCUT2D eigenvalue weighted by molar-refractivity contribution is -0.0500. The first-order valence-electron chi connectivity index (χ1n) is 4.75. The summed E-state index contributed by atoms with van der Waals surface area (Å²) in [7, 11) is 1.85. The van der Waals surface area contributed by atoms with E-state index < -0.39 is 6.61 Å². The lowest BCUT2D eigenvalue weighted by Crippen LogP contribution is -2.20. The third kappa shape index (κ3) is 3.84. The molecule has 0 bridgehead atoms. The average Bonchev–Trinajstić information content (AvgIpc) is 2.16. The maximum atomic E-state index is 11.9. The van der Waals surface area contributed by atoms with Crippen molar-refractivity contribution >= 4 is 5.82 Å². The first kappa shape index (κ1) is 12.4. The molecule has 16 heavy (non-hydrogen) atoms. The SMILES string of the molecule is C=C(C)CN(C)c1ccc(OC(F)F)cn1. The van der Waals surface area contributed by atoms with Crippen LogP contribution in [0, 0.1) is 0 Å². The van der Waals surface area contributed by atoms with E-state index in [1.54, 1.807) is 6.07 Å². The summed E-state index contributed by atoms with van der Waals surface area (Å²) >= 11 is 0. The van der Waals surface area contributed by atoms with E-state index in [1.165, 1.54) is 12.3 Å². The fraction of sp³-hybridized carbons (Fsp3) is 0.364. The van der Waals surface area contributed by atoms with Crippen LogP contribution in [-0.4, -0.2) is 25.2 Å². The van der Waals surface area contributed by atoms with Gasteiger partial charge in [-0.2, -0.15) is 8.78 Å². The van der Waals surface area contributed by atoms with Gasteiger partial charge in [0.25, 0.3) is 0 Å². The van der Waals surface area contributed by atoms with Crippen molar-refractivity contribution in [2.75, 3.05) is 18.5 Å². The molecule has 1 aromatic heterocycles. The summed E-state index contributed by atoms with van der Waals surface area (Å²) in [4.78, 5) is 5.88. The standard InChI is InChI=1S/C11H14F2N2O/c1-8(2)7-15(3)10-5-4-9(6-14-10)16-11(12)13/h4-6,11H,1,7H2,2-3H3. The molecule has 3 nitrogen and oxygen atoms in total. The van der Waals surface area contributed by atoms with E-state index in [0.29, 0.717) is 12.4 Å². The van der Waals surface area contributed by atoms with Gasteiger partial charge in [0.05, 0.1) is 6.20 Å². The number of hydrogen-bond acceptors (Lipinski definition) is 3. The third-order valence-corrected chi connectivity index (χ3v) is 1.84.